The molecule has 0 aromatic heterocycles. The zero-order chi connectivity index (χ0) is 24.9. The van der Waals surface area contributed by atoms with Crippen molar-refractivity contribution in [1.82, 2.24) is 15.5 Å². The Morgan fingerprint density at radius 2 is 1.94 bits per heavy atom. The fraction of sp³-hybridized carbons (Fsp3) is 0.542. The third-order valence-electron chi connectivity index (χ3n) is 6.27. The zero-order valence-electron chi connectivity index (χ0n) is 19.8. The van der Waals surface area contributed by atoms with Gasteiger partial charge in [-0.05, 0) is 36.8 Å². The Kier molecular flexibility index (Phi) is 7.90. The summed E-state index contributed by atoms with van der Waals surface area (Å²) < 4.78 is 4.99. The van der Waals surface area contributed by atoms with E-state index in [1.54, 1.807) is 24.3 Å². The fourth-order valence-corrected chi connectivity index (χ4v) is 4.33. The second kappa shape index (κ2) is 10.7. The summed E-state index contributed by atoms with van der Waals surface area (Å²) in [5.41, 5.74) is -0.395. The van der Waals surface area contributed by atoms with Gasteiger partial charge in [-0.1, -0.05) is 45.7 Å². The van der Waals surface area contributed by atoms with Gasteiger partial charge in [0, 0.05) is 6.54 Å². The number of carbonyl (C=O) groups excluding carboxylic acids is 5. The van der Waals surface area contributed by atoms with Crippen molar-refractivity contribution < 1.29 is 28.7 Å². The lowest BCUT2D eigenvalue weighted by atomic mass is 9.73. The van der Waals surface area contributed by atoms with Gasteiger partial charge in [0.15, 0.2) is 6.61 Å². The van der Waals surface area contributed by atoms with Crippen molar-refractivity contribution in [1.29, 1.82) is 0 Å². The number of anilines is 1. The summed E-state index contributed by atoms with van der Waals surface area (Å²) in [6.45, 7) is 5.16. The summed E-state index contributed by atoms with van der Waals surface area (Å²) in [5, 5.41) is 8.12. The Hall–Kier alpha value is -3.43. The van der Waals surface area contributed by atoms with Crippen molar-refractivity contribution >= 4 is 35.4 Å². The molecule has 2 atom stereocenters. The average Bonchev–Trinajstić information content (AvgIpc) is 3.03. The summed E-state index contributed by atoms with van der Waals surface area (Å²) in [5.74, 6) is -2.03. The Balaban J connectivity index is 1.53. The Labute approximate surface area is 198 Å². The number of nitrogens with zero attached hydrogens (tertiary/aromatic N) is 1. The van der Waals surface area contributed by atoms with Crippen molar-refractivity contribution in [3.63, 3.8) is 0 Å². The highest BCUT2D eigenvalue weighted by atomic mass is 16.5. The molecule has 10 heteroatoms. The first kappa shape index (κ1) is 25.2. The lowest BCUT2D eigenvalue weighted by Gasteiger charge is -2.36. The number of carbonyl (C=O) groups is 5. The van der Waals surface area contributed by atoms with Crippen LogP contribution in [0.15, 0.2) is 24.3 Å². The van der Waals surface area contributed by atoms with Crippen LogP contribution in [0.1, 0.15) is 56.8 Å². The minimum absolute atomic E-state index is 0.0256. The monoisotopic (exact) mass is 472 g/mol. The van der Waals surface area contributed by atoms with Crippen LogP contribution in [0.5, 0.6) is 0 Å². The standard InChI is InChI=1S/C24H32N4O6/c1-15(2)12-25-21(31)17-9-4-5-10-18(17)26-19(29)14-34-20(30)13-28-22(32)24(27-23(28)33)11-7-6-8-16(24)3/h4-5,9-10,15-16H,6-8,11-14H2,1-3H3,(H,25,31)(H,26,29)(H,27,33). The summed E-state index contributed by atoms with van der Waals surface area (Å²) in [6.07, 6.45) is 3.18. The minimum atomic E-state index is -0.965. The van der Waals surface area contributed by atoms with Gasteiger partial charge in [0.2, 0.25) is 0 Å². The van der Waals surface area contributed by atoms with Gasteiger partial charge in [0.05, 0.1) is 11.3 Å². The number of para-hydroxylation sites is 1. The molecule has 3 N–H and O–H groups in total. The maximum atomic E-state index is 12.9. The predicted molar refractivity (Wildman–Crippen MR) is 124 cm³/mol. The first-order chi connectivity index (χ1) is 16.1. The topological polar surface area (TPSA) is 134 Å². The first-order valence-electron chi connectivity index (χ1n) is 11.6. The summed E-state index contributed by atoms with van der Waals surface area (Å²) >= 11 is 0. The Morgan fingerprint density at radius 1 is 1.21 bits per heavy atom. The molecule has 0 bridgehead atoms. The normalized spacial score (nSPS) is 22.0. The van der Waals surface area contributed by atoms with E-state index in [-0.39, 0.29) is 29.0 Å². The smallest absolute Gasteiger partial charge is 0.326 e. The number of benzene rings is 1. The van der Waals surface area contributed by atoms with E-state index >= 15 is 0 Å². The maximum Gasteiger partial charge on any atom is 0.326 e. The number of urea groups is 1. The van der Waals surface area contributed by atoms with Crippen LogP contribution in [0, 0.1) is 11.8 Å². The summed E-state index contributed by atoms with van der Waals surface area (Å²) in [7, 11) is 0. The van der Waals surface area contributed by atoms with E-state index < -0.39 is 42.5 Å². The number of hydrogen-bond donors (Lipinski definition) is 3. The van der Waals surface area contributed by atoms with Gasteiger partial charge in [0.25, 0.3) is 17.7 Å². The lowest BCUT2D eigenvalue weighted by molar-refractivity contribution is -0.150. The van der Waals surface area contributed by atoms with E-state index in [4.69, 9.17) is 4.74 Å². The van der Waals surface area contributed by atoms with Gasteiger partial charge in [-0.2, -0.15) is 0 Å². The lowest BCUT2D eigenvalue weighted by Crippen LogP contribution is -2.54. The summed E-state index contributed by atoms with van der Waals surface area (Å²) in [4.78, 5) is 63.2. The molecule has 1 heterocycles. The molecule has 3 rings (SSSR count). The van der Waals surface area contributed by atoms with Crippen LogP contribution < -0.4 is 16.0 Å². The third kappa shape index (κ3) is 5.55. The van der Waals surface area contributed by atoms with E-state index in [9.17, 15) is 24.0 Å². The van der Waals surface area contributed by atoms with Crippen molar-refractivity contribution in [3.8, 4) is 0 Å². The van der Waals surface area contributed by atoms with E-state index in [0.717, 1.165) is 24.2 Å². The number of esters is 1. The van der Waals surface area contributed by atoms with Crippen molar-refractivity contribution in [2.75, 3.05) is 25.0 Å². The van der Waals surface area contributed by atoms with Gasteiger partial charge in [-0.25, -0.2) is 4.79 Å². The van der Waals surface area contributed by atoms with Crippen LogP contribution in [0.3, 0.4) is 0 Å². The quantitative estimate of drug-likeness (QED) is 0.392. The molecule has 1 aliphatic heterocycles. The zero-order valence-corrected chi connectivity index (χ0v) is 19.8. The molecular formula is C24H32N4O6. The fourth-order valence-electron chi connectivity index (χ4n) is 4.33. The molecule has 2 unspecified atom stereocenters. The van der Waals surface area contributed by atoms with Crippen LogP contribution in [0.4, 0.5) is 10.5 Å². The highest BCUT2D eigenvalue weighted by Gasteiger charge is 2.55. The summed E-state index contributed by atoms with van der Waals surface area (Å²) in [6, 6.07) is 5.87. The highest BCUT2D eigenvalue weighted by molar-refractivity contribution is 6.09. The average molecular weight is 473 g/mol. The molecule has 5 amide bonds. The number of hydrogen-bond acceptors (Lipinski definition) is 6. The van der Waals surface area contributed by atoms with Gasteiger partial charge >= 0.3 is 12.0 Å². The van der Waals surface area contributed by atoms with E-state index in [1.165, 1.54) is 0 Å². The van der Waals surface area contributed by atoms with Crippen molar-refractivity contribution in [3.05, 3.63) is 29.8 Å². The van der Waals surface area contributed by atoms with E-state index in [2.05, 4.69) is 16.0 Å². The van der Waals surface area contributed by atoms with Gasteiger partial charge in [0.1, 0.15) is 12.1 Å². The number of ether oxygens (including phenoxy) is 1. The molecule has 1 aromatic carbocycles. The van der Waals surface area contributed by atoms with E-state index in [1.807, 2.05) is 20.8 Å². The van der Waals surface area contributed by atoms with Crippen molar-refractivity contribution in [2.24, 2.45) is 11.8 Å². The molecule has 1 aliphatic carbocycles. The second-order valence-electron chi connectivity index (χ2n) is 9.30. The van der Waals surface area contributed by atoms with Crippen LogP contribution in [0.25, 0.3) is 0 Å². The minimum Gasteiger partial charge on any atom is -0.454 e. The molecule has 34 heavy (non-hydrogen) atoms. The SMILES string of the molecule is CC(C)CNC(=O)c1ccccc1NC(=O)COC(=O)CN1C(=O)NC2(CCCCC2C)C1=O. The van der Waals surface area contributed by atoms with Crippen molar-refractivity contribution in [2.45, 2.75) is 52.0 Å². The van der Waals surface area contributed by atoms with Crippen LogP contribution in [0.2, 0.25) is 0 Å². The van der Waals surface area contributed by atoms with E-state index in [0.29, 0.717) is 13.0 Å². The third-order valence-corrected chi connectivity index (χ3v) is 6.27. The molecule has 1 spiro atoms. The van der Waals surface area contributed by atoms with Gasteiger partial charge in [-0.15, -0.1) is 0 Å². The van der Waals surface area contributed by atoms with Crippen LogP contribution in [-0.4, -0.2) is 59.9 Å². The maximum absolute atomic E-state index is 12.9. The number of imide groups is 1. The molecule has 2 aliphatic rings. The number of nitrogens with one attached hydrogen (secondary N) is 3. The second-order valence-corrected chi connectivity index (χ2v) is 9.30. The highest BCUT2D eigenvalue weighted by Crippen LogP contribution is 2.38. The molecule has 1 aromatic rings. The number of rotatable bonds is 8. The first-order valence-corrected chi connectivity index (χ1v) is 11.6. The predicted octanol–water partition coefficient (Wildman–Crippen LogP) is 2.05. The van der Waals surface area contributed by atoms with Gasteiger partial charge < -0.3 is 20.7 Å². The molecule has 10 nitrogen and oxygen atoms in total. The van der Waals surface area contributed by atoms with Gasteiger partial charge in [-0.3, -0.25) is 24.1 Å². The molecule has 184 valence electrons. The number of amides is 5. The molecule has 2 fully saturated rings. The Morgan fingerprint density at radius 3 is 2.65 bits per heavy atom. The molecule has 1 saturated heterocycles. The Bertz CT molecular complexity index is 978. The van der Waals surface area contributed by atoms with Crippen LogP contribution >= 0.6 is 0 Å². The molecule has 0 radical (unpaired) electrons. The largest absolute Gasteiger partial charge is 0.454 e. The van der Waals surface area contributed by atoms with Crippen LogP contribution in [-0.2, 0) is 19.1 Å². The molecule has 1 saturated carbocycles. The molecular weight excluding hydrogens is 440 g/mol.